The maximum absolute atomic E-state index is 13.0. The zero-order valence-electron chi connectivity index (χ0n) is 15.4. The summed E-state index contributed by atoms with van der Waals surface area (Å²) in [6.45, 7) is 2.04. The molecule has 0 fully saturated rings. The van der Waals surface area contributed by atoms with Crippen LogP contribution >= 0.6 is 11.6 Å². The molecule has 0 radical (unpaired) electrons. The van der Waals surface area contributed by atoms with Gasteiger partial charge in [0.2, 0.25) is 0 Å². The van der Waals surface area contributed by atoms with Crippen molar-refractivity contribution in [1.82, 2.24) is 9.78 Å². The van der Waals surface area contributed by atoms with Crippen LogP contribution in [0.15, 0.2) is 48.5 Å². The van der Waals surface area contributed by atoms with Gasteiger partial charge in [-0.3, -0.25) is 4.79 Å². The summed E-state index contributed by atoms with van der Waals surface area (Å²) in [5.74, 6) is 1.01. The maximum atomic E-state index is 13.0. The molecule has 0 aliphatic heterocycles. The predicted octanol–water partition coefficient (Wildman–Crippen LogP) is 5.01. The van der Waals surface area contributed by atoms with Gasteiger partial charge < -0.3 is 4.74 Å². The molecular weight excluding hydrogens is 360 g/mol. The molecular formula is C22H21ClN2O2. The number of ether oxygens (including phenoxy) is 1. The van der Waals surface area contributed by atoms with E-state index >= 15 is 0 Å². The highest BCUT2D eigenvalue weighted by Crippen LogP contribution is 2.36. The Morgan fingerprint density at radius 1 is 1.19 bits per heavy atom. The molecule has 1 aliphatic rings. The molecule has 0 N–H and O–H groups in total. The molecule has 0 saturated carbocycles. The molecule has 4 nitrogen and oxygen atoms in total. The van der Waals surface area contributed by atoms with E-state index in [1.54, 1.807) is 13.2 Å². The molecule has 4 rings (SSSR count). The van der Waals surface area contributed by atoms with Crippen molar-refractivity contribution in [2.75, 3.05) is 7.11 Å². The van der Waals surface area contributed by atoms with Crippen LogP contribution in [0.25, 0.3) is 5.69 Å². The van der Waals surface area contributed by atoms with E-state index in [2.05, 4.69) is 12.1 Å². The van der Waals surface area contributed by atoms with Crippen LogP contribution in [0.3, 0.4) is 0 Å². The zero-order chi connectivity index (χ0) is 19.0. The third-order valence-electron chi connectivity index (χ3n) is 5.18. The lowest BCUT2D eigenvalue weighted by molar-refractivity contribution is 0.0963. The van der Waals surface area contributed by atoms with Gasteiger partial charge in [-0.1, -0.05) is 48.9 Å². The van der Waals surface area contributed by atoms with E-state index in [1.165, 1.54) is 5.56 Å². The number of hydrogen-bond acceptors (Lipinski definition) is 3. The molecule has 0 bridgehead atoms. The summed E-state index contributed by atoms with van der Waals surface area (Å²) in [5, 5.41) is 5.43. The number of methoxy groups -OCH3 is 1. The molecule has 0 amide bonds. The van der Waals surface area contributed by atoms with Gasteiger partial charge in [-0.25, -0.2) is 4.68 Å². The first-order valence-corrected chi connectivity index (χ1v) is 9.53. The van der Waals surface area contributed by atoms with Gasteiger partial charge in [-0.05, 0) is 42.5 Å². The molecule has 0 saturated heterocycles. The number of ketones is 1. The number of halogens is 1. The Labute approximate surface area is 163 Å². The standard InChI is InChI=1S/C22H21ClN2O2/c1-3-18-22-17(11-15(12-20(22)26)14-7-5-4-6-8-14)24-25(18)19-13-16(23)9-10-21(19)27-2/h4-10,13,15H,3,11-12H2,1-2H3/t15-/m0/s1. The van der Waals surface area contributed by atoms with Gasteiger partial charge in [-0.15, -0.1) is 0 Å². The Kier molecular flexibility index (Phi) is 4.75. The average molecular weight is 381 g/mol. The number of fused-ring (bicyclic) bond motifs is 1. The minimum Gasteiger partial charge on any atom is -0.494 e. The second-order valence-corrected chi connectivity index (χ2v) is 7.23. The van der Waals surface area contributed by atoms with Crippen molar-refractivity contribution in [2.24, 2.45) is 0 Å². The first kappa shape index (κ1) is 17.8. The van der Waals surface area contributed by atoms with Crippen molar-refractivity contribution in [2.45, 2.75) is 32.1 Å². The normalized spacial score (nSPS) is 16.3. The Morgan fingerprint density at radius 2 is 1.96 bits per heavy atom. The first-order valence-electron chi connectivity index (χ1n) is 9.15. The average Bonchev–Trinajstić information content (AvgIpc) is 3.07. The van der Waals surface area contributed by atoms with E-state index < -0.39 is 0 Å². The second kappa shape index (κ2) is 7.20. The highest BCUT2D eigenvalue weighted by Gasteiger charge is 2.32. The summed E-state index contributed by atoms with van der Waals surface area (Å²) in [6, 6.07) is 15.6. The number of nitrogens with zero attached hydrogens (tertiary/aromatic N) is 2. The third kappa shape index (κ3) is 3.15. The van der Waals surface area contributed by atoms with E-state index in [9.17, 15) is 4.79 Å². The van der Waals surface area contributed by atoms with Gasteiger partial charge in [0.25, 0.3) is 0 Å². The van der Waals surface area contributed by atoms with Crippen molar-refractivity contribution in [3.63, 3.8) is 0 Å². The van der Waals surface area contributed by atoms with Crippen LogP contribution in [-0.4, -0.2) is 22.7 Å². The summed E-state index contributed by atoms with van der Waals surface area (Å²) in [7, 11) is 1.62. The molecule has 138 valence electrons. The first-order chi connectivity index (χ1) is 13.1. The molecule has 0 unspecified atom stereocenters. The second-order valence-electron chi connectivity index (χ2n) is 6.79. The smallest absolute Gasteiger partial charge is 0.167 e. The van der Waals surface area contributed by atoms with E-state index in [1.807, 2.05) is 41.9 Å². The van der Waals surface area contributed by atoms with Crippen molar-refractivity contribution < 1.29 is 9.53 Å². The van der Waals surface area contributed by atoms with E-state index in [0.29, 0.717) is 23.6 Å². The number of carbonyl (C=O) groups excluding carboxylic acids is 1. The third-order valence-corrected chi connectivity index (χ3v) is 5.41. The van der Waals surface area contributed by atoms with Gasteiger partial charge in [0.1, 0.15) is 11.4 Å². The highest BCUT2D eigenvalue weighted by atomic mass is 35.5. The lowest BCUT2D eigenvalue weighted by atomic mass is 9.81. The molecule has 0 spiro atoms. The van der Waals surface area contributed by atoms with Crippen molar-refractivity contribution >= 4 is 17.4 Å². The van der Waals surface area contributed by atoms with Crippen LogP contribution in [0.2, 0.25) is 5.02 Å². The van der Waals surface area contributed by atoms with Crippen LogP contribution in [0.1, 0.15) is 46.6 Å². The Balaban J connectivity index is 1.83. The summed E-state index contributed by atoms with van der Waals surface area (Å²) < 4.78 is 7.33. The van der Waals surface area contributed by atoms with Gasteiger partial charge in [0.15, 0.2) is 5.78 Å². The number of carbonyl (C=O) groups is 1. The molecule has 1 aliphatic carbocycles. The Morgan fingerprint density at radius 3 is 2.67 bits per heavy atom. The van der Waals surface area contributed by atoms with Gasteiger partial charge >= 0.3 is 0 Å². The lowest BCUT2D eigenvalue weighted by Crippen LogP contribution is -2.19. The summed E-state index contributed by atoms with van der Waals surface area (Å²) in [6.07, 6.45) is 1.98. The largest absolute Gasteiger partial charge is 0.494 e. The number of hydrogen-bond donors (Lipinski definition) is 0. The number of rotatable bonds is 4. The van der Waals surface area contributed by atoms with Crippen LogP contribution in [0.5, 0.6) is 5.75 Å². The fourth-order valence-electron chi connectivity index (χ4n) is 3.92. The van der Waals surface area contributed by atoms with Gasteiger partial charge in [0.05, 0.1) is 24.1 Å². The van der Waals surface area contributed by atoms with Gasteiger partial charge in [-0.2, -0.15) is 5.10 Å². The van der Waals surface area contributed by atoms with Crippen molar-refractivity contribution in [3.05, 3.63) is 76.1 Å². The summed E-state index contributed by atoms with van der Waals surface area (Å²) in [4.78, 5) is 13.0. The summed E-state index contributed by atoms with van der Waals surface area (Å²) >= 11 is 6.21. The maximum Gasteiger partial charge on any atom is 0.167 e. The molecule has 27 heavy (non-hydrogen) atoms. The lowest BCUT2D eigenvalue weighted by Gasteiger charge is -2.21. The highest BCUT2D eigenvalue weighted by molar-refractivity contribution is 6.30. The van der Waals surface area contributed by atoms with Crippen LogP contribution in [-0.2, 0) is 12.8 Å². The molecule has 1 heterocycles. The monoisotopic (exact) mass is 380 g/mol. The quantitative estimate of drug-likeness (QED) is 0.639. The predicted molar refractivity (Wildman–Crippen MR) is 106 cm³/mol. The number of Topliss-reactive ketones (excluding diaryl/α,β-unsaturated/α-hetero) is 1. The molecule has 1 aromatic heterocycles. The zero-order valence-corrected chi connectivity index (χ0v) is 16.2. The van der Waals surface area contributed by atoms with Crippen molar-refractivity contribution in [3.8, 4) is 11.4 Å². The van der Waals surface area contributed by atoms with Crippen LogP contribution in [0.4, 0.5) is 0 Å². The van der Waals surface area contributed by atoms with E-state index in [-0.39, 0.29) is 11.7 Å². The van der Waals surface area contributed by atoms with E-state index in [4.69, 9.17) is 21.4 Å². The summed E-state index contributed by atoms with van der Waals surface area (Å²) in [5.41, 5.74) is 4.50. The Hall–Kier alpha value is -2.59. The molecule has 1 atom stereocenters. The topological polar surface area (TPSA) is 44.1 Å². The Bertz CT molecular complexity index is 995. The molecule has 3 aromatic rings. The van der Waals surface area contributed by atoms with Crippen molar-refractivity contribution in [1.29, 1.82) is 0 Å². The molecule has 2 aromatic carbocycles. The fourth-order valence-corrected chi connectivity index (χ4v) is 4.08. The number of aromatic nitrogens is 2. The van der Waals surface area contributed by atoms with Crippen LogP contribution < -0.4 is 4.74 Å². The fraction of sp³-hybridized carbons (Fsp3) is 0.273. The SMILES string of the molecule is CCc1c2c(nn1-c1cc(Cl)ccc1OC)C[C@H](c1ccccc1)CC2=O. The van der Waals surface area contributed by atoms with E-state index in [0.717, 1.165) is 29.1 Å². The number of benzene rings is 2. The van der Waals surface area contributed by atoms with Gasteiger partial charge in [0, 0.05) is 11.4 Å². The van der Waals surface area contributed by atoms with Crippen LogP contribution in [0, 0.1) is 0 Å². The minimum atomic E-state index is 0.161. The molecule has 5 heteroatoms. The minimum absolute atomic E-state index is 0.161.